The van der Waals surface area contributed by atoms with E-state index in [4.69, 9.17) is 15.5 Å². The zero-order chi connectivity index (χ0) is 21.1. The van der Waals surface area contributed by atoms with Gasteiger partial charge in [0.15, 0.2) is 0 Å². The predicted molar refractivity (Wildman–Crippen MR) is 120 cm³/mol. The van der Waals surface area contributed by atoms with Crippen LogP contribution >= 0.6 is 0 Å². The number of rotatable bonds is 3. The van der Waals surface area contributed by atoms with Gasteiger partial charge in [-0.3, -0.25) is 14.8 Å². The molecule has 1 aromatic carbocycles. The number of aryl methyl sites for hydroxylation is 1. The molecule has 3 heterocycles. The Morgan fingerprint density at radius 1 is 1.27 bits per heavy atom. The Morgan fingerprint density at radius 3 is 2.80 bits per heavy atom. The molecule has 2 saturated heterocycles. The summed E-state index contributed by atoms with van der Waals surface area (Å²) in [5, 5.41) is 2.22. The molecule has 0 unspecified atom stereocenters. The number of nitrogens with two attached hydrogens (primary N) is 1. The van der Waals surface area contributed by atoms with Gasteiger partial charge in [-0.2, -0.15) is 0 Å². The highest BCUT2D eigenvalue weighted by molar-refractivity contribution is 6.10. The van der Waals surface area contributed by atoms with Gasteiger partial charge in [0.25, 0.3) is 0 Å². The Morgan fingerprint density at radius 2 is 2.07 bits per heavy atom. The fraction of sp³-hybridized carbons (Fsp3) is 0.458. The van der Waals surface area contributed by atoms with Gasteiger partial charge in [-0.05, 0) is 36.3 Å². The molecule has 30 heavy (non-hydrogen) atoms. The third-order valence-electron chi connectivity index (χ3n) is 6.19. The van der Waals surface area contributed by atoms with Crippen molar-refractivity contribution in [1.29, 1.82) is 0 Å². The van der Waals surface area contributed by atoms with E-state index in [1.807, 2.05) is 17.3 Å². The number of likely N-dealkylation sites (tertiary alicyclic amines) is 1. The number of pyridine rings is 1. The zero-order valence-electron chi connectivity index (χ0n) is 17.9. The van der Waals surface area contributed by atoms with Crippen molar-refractivity contribution in [2.75, 3.05) is 26.3 Å². The molecule has 2 aliphatic rings. The number of nitrogens with zero attached hydrogens (tertiary/aromatic N) is 3. The maximum absolute atomic E-state index is 12.1. The number of fused-ring (bicyclic) bond motifs is 1. The molecule has 0 bridgehead atoms. The van der Waals surface area contributed by atoms with Crippen LogP contribution in [0.5, 0.6) is 0 Å². The van der Waals surface area contributed by atoms with Crippen molar-refractivity contribution in [1.82, 2.24) is 9.88 Å². The van der Waals surface area contributed by atoms with Crippen molar-refractivity contribution in [3.05, 3.63) is 47.3 Å². The van der Waals surface area contributed by atoms with Crippen LogP contribution in [0.1, 0.15) is 44.2 Å². The van der Waals surface area contributed by atoms with Gasteiger partial charge in [-0.1, -0.05) is 19.1 Å². The van der Waals surface area contributed by atoms with E-state index in [1.165, 1.54) is 10.9 Å². The molecule has 2 aromatic rings. The van der Waals surface area contributed by atoms with E-state index < -0.39 is 0 Å². The summed E-state index contributed by atoms with van der Waals surface area (Å²) in [5.74, 6) is 0.0678. The van der Waals surface area contributed by atoms with Crippen LogP contribution in [0.15, 0.2) is 41.2 Å². The average molecular weight is 407 g/mol. The van der Waals surface area contributed by atoms with Gasteiger partial charge >= 0.3 is 0 Å². The minimum Gasteiger partial charge on any atom is -0.398 e. The van der Waals surface area contributed by atoms with Crippen molar-refractivity contribution in [2.24, 2.45) is 10.7 Å². The molecule has 0 spiro atoms. The zero-order valence-corrected chi connectivity index (χ0v) is 17.9. The fourth-order valence-corrected chi connectivity index (χ4v) is 4.40. The fourth-order valence-electron chi connectivity index (χ4n) is 4.40. The van der Waals surface area contributed by atoms with E-state index in [9.17, 15) is 4.79 Å². The second kappa shape index (κ2) is 8.96. The van der Waals surface area contributed by atoms with Crippen molar-refractivity contribution < 1.29 is 9.53 Å². The van der Waals surface area contributed by atoms with Crippen LogP contribution in [0.25, 0.3) is 16.5 Å². The topological polar surface area (TPSA) is 80.8 Å². The molecule has 4 rings (SSSR count). The van der Waals surface area contributed by atoms with Crippen LogP contribution in [-0.4, -0.2) is 53.8 Å². The lowest BCUT2D eigenvalue weighted by Crippen LogP contribution is -2.40. The summed E-state index contributed by atoms with van der Waals surface area (Å²) in [6, 6.07) is 6.55. The summed E-state index contributed by atoms with van der Waals surface area (Å²) in [4.78, 5) is 23.4. The van der Waals surface area contributed by atoms with E-state index in [2.05, 4.69) is 30.1 Å². The number of hydrogen-bond acceptors (Lipinski definition) is 5. The van der Waals surface area contributed by atoms with E-state index >= 15 is 0 Å². The largest absolute Gasteiger partial charge is 0.398 e. The molecule has 1 aromatic heterocycles. The van der Waals surface area contributed by atoms with Crippen LogP contribution in [0, 0.1) is 0 Å². The van der Waals surface area contributed by atoms with Crippen LogP contribution in [0.2, 0.25) is 0 Å². The monoisotopic (exact) mass is 406 g/mol. The first-order chi connectivity index (χ1) is 14.6. The van der Waals surface area contributed by atoms with Gasteiger partial charge < -0.3 is 15.4 Å². The van der Waals surface area contributed by atoms with Gasteiger partial charge in [0.2, 0.25) is 5.91 Å². The molecule has 0 radical (unpaired) electrons. The number of aliphatic imine (C=N–C) groups is 1. The lowest BCUT2D eigenvalue weighted by Gasteiger charge is -2.31. The number of amides is 1. The molecule has 0 atom stereocenters. The number of hydrogen-bond donors (Lipinski definition) is 1. The van der Waals surface area contributed by atoms with Gasteiger partial charge in [-0.25, -0.2) is 0 Å². The number of benzene rings is 1. The van der Waals surface area contributed by atoms with Gasteiger partial charge in [0.05, 0.1) is 6.04 Å². The second-order valence-electron chi connectivity index (χ2n) is 8.05. The highest BCUT2D eigenvalue weighted by Gasteiger charge is 2.26. The quantitative estimate of drug-likeness (QED) is 0.848. The molecule has 2 fully saturated rings. The van der Waals surface area contributed by atoms with Crippen LogP contribution in [-0.2, 0) is 16.0 Å². The van der Waals surface area contributed by atoms with Gasteiger partial charge in [0.1, 0.15) is 0 Å². The molecule has 0 aliphatic carbocycles. The molecule has 158 valence electrons. The number of carbonyl (C=O) groups is 1. The molecule has 2 aliphatic heterocycles. The van der Waals surface area contributed by atoms with Gasteiger partial charge in [0, 0.05) is 80.0 Å². The van der Waals surface area contributed by atoms with E-state index in [0.717, 1.165) is 61.1 Å². The third kappa shape index (κ3) is 4.10. The van der Waals surface area contributed by atoms with Crippen molar-refractivity contribution in [3.8, 4) is 0 Å². The first-order valence-electron chi connectivity index (χ1n) is 10.8. The van der Waals surface area contributed by atoms with Crippen molar-refractivity contribution in [3.63, 3.8) is 0 Å². The highest BCUT2D eigenvalue weighted by atomic mass is 16.5. The Kier molecular flexibility index (Phi) is 6.13. The summed E-state index contributed by atoms with van der Waals surface area (Å²) in [6.07, 6.45) is 7.27. The molecular weight excluding hydrogens is 376 g/mol. The Bertz CT molecular complexity index is 1010. The maximum atomic E-state index is 12.1. The average Bonchev–Trinajstić information content (AvgIpc) is 2.78. The first kappa shape index (κ1) is 20.5. The van der Waals surface area contributed by atoms with E-state index in [-0.39, 0.29) is 11.9 Å². The lowest BCUT2D eigenvalue weighted by atomic mass is 9.92. The van der Waals surface area contributed by atoms with Gasteiger partial charge in [-0.15, -0.1) is 0 Å². The van der Waals surface area contributed by atoms with Crippen molar-refractivity contribution in [2.45, 2.75) is 45.6 Å². The predicted octanol–water partition coefficient (Wildman–Crippen LogP) is 3.34. The molecule has 6 nitrogen and oxygen atoms in total. The molecule has 6 heteroatoms. The summed E-state index contributed by atoms with van der Waals surface area (Å²) in [7, 11) is 0. The highest BCUT2D eigenvalue weighted by Crippen LogP contribution is 2.30. The Hall–Kier alpha value is -2.73. The van der Waals surface area contributed by atoms with Crippen LogP contribution < -0.4 is 5.73 Å². The molecule has 0 saturated carbocycles. The molecule has 2 N–H and O–H groups in total. The SMILES string of the molecule is CCc1ccc(C(N)=C2CN(C(C)=O)CCC2=NC2CCOCC2)c2cnccc12. The number of ether oxygens (including phenoxy) is 1. The second-order valence-corrected chi connectivity index (χ2v) is 8.05. The summed E-state index contributed by atoms with van der Waals surface area (Å²) >= 11 is 0. The third-order valence-corrected chi connectivity index (χ3v) is 6.19. The van der Waals surface area contributed by atoms with Crippen molar-refractivity contribution >= 4 is 28.1 Å². The first-order valence-corrected chi connectivity index (χ1v) is 10.8. The molecular formula is C24H30N4O2. The number of aromatic nitrogens is 1. The molecule has 1 amide bonds. The minimum atomic E-state index is 0.0678. The maximum Gasteiger partial charge on any atom is 0.219 e. The standard InChI is InChI=1S/C24H30N4O2/c1-3-17-4-5-20(21-14-26-10-6-19(17)21)24(25)22-15-28(16(2)29)11-7-23(22)27-18-8-12-30-13-9-18/h4-6,10,14,18H,3,7-9,11-13,15,25H2,1-2H3. The normalized spacial score (nSPS) is 21.3. The van der Waals surface area contributed by atoms with Crippen LogP contribution in [0.4, 0.5) is 0 Å². The smallest absolute Gasteiger partial charge is 0.219 e. The Labute approximate surface area is 177 Å². The van der Waals surface area contributed by atoms with Crippen LogP contribution in [0.3, 0.4) is 0 Å². The number of carbonyl (C=O) groups excluding carboxylic acids is 1. The van der Waals surface area contributed by atoms with E-state index in [1.54, 1.807) is 6.92 Å². The Balaban J connectivity index is 1.82. The van der Waals surface area contributed by atoms with E-state index in [0.29, 0.717) is 18.8 Å². The summed E-state index contributed by atoms with van der Waals surface area (Å²) in [5.41, 5.74) is 11.7. The summed E-state index contributed by atoms with van der Waals surface area (Å²) < 4.78 is 5.49. The lowest BCUT2D eigenvalue weighted by molar-refractivity contribution is -0.128. The summed E-state index contributed by atoms with van der Waals surface area (Å²) in [6.45, 7) is 6.46. The minimum absolute atomic E-state index is 0.0678. The number of piperidine rings is 1.